The molecule has 1 heterocycles. The van der Waals surface area contributed by atoms with Crippen LogP contribution in [-0.4, -0.2) is 18.5 Å². The van der Waals surface area contributed by atoms with E-state index in [0.717, 1.165) is 19.4 Å². The summed E-state index contributed by atoms with van der Waals surface area (Å²) in [5.74, 6) is -0.0249. The number of nitrogens with one attached hydrogen (secondary N) is 2. The van der Waals surface area contributed by atoms with E-state index in [4.69, 9.17) is 23.2 Å². The van der Waals surface area contributed by atoms with Gasteiger partial charge in [-0.15, -0.1) is 0 Å². The number of carbonyl (C=O) groups is 1. The zero-order chi connectivity index (χ0) is 14.0. The molecule has 0 bridgehead atoms. The zero-order valence-electron chi connectivity index (χ0n) is 11.1. The summed E-state index contributed by atoms with van der Waals surface area (Å²) in [6.45, 7) is 5.10. The van der Waals surface area contributed by atoms with Crippen molar-refractivity contribution in [3.8, 4) is 0 Å². The highest BCUT2D eigenvalue weighted by molar-refractivity contribution is 6.42. The summed E-state index contributed by atoms with van der Waals surface area (Å²) in [6.07, 6.45) is 2.14. The minimum absolute atomic E-state index is 0.0249. The monoisotopic (exact) mass is 300 g/mol. The third-order valence-electron chi connectivity index (χ3n) is 3.58. The van der Waals surface area contributed by atoms with E-state index in [1.165, 1.54) is 0 Å². The molecular formula is C14H18Cl2N2O. The van der Waals surface area contributed by atoms with Gasteiger partial charge in [0.05, 0.1) is 16.1 Å². The molecule has 0 spiro atoms. The van der Waals surface area contributed by atoms with Crippen LogP contribution in [0.3, 0.4) is 0 Å². The Kier molecular flexibility index (Phi) is 4.39. The molecule has 0 aliphatic carbocycles. The molecule has 1 aliphatic heterocycles. The van der Waals surface area contributed by atoms with Gasteiger partial charge < -0.3 is 10.6 Å². The Balaban J connectivity index is 2.09. The maximum absolute atomic E-state index is 12.3. The fraction of sp³-hybridized carbons (Fsp3) is 0.500. The van der Waals surface area contributed by atoms with Crippen molar-refractivity contribution >= 4 is 34.8 Å². The van der Waals surface area contributed by atoms with E-state index >= 15 is 0 Å². The van der Waals surface area contributed by atoms with E-state index in [2.05, 4.69) is 24.5 Å². The third-order valence-corrected chi connectivity index (χ3v) is 4.32. The summed E-state index contributed by atoms with van der Waals surface area (Å²) in [5.41, 5.74) is 0.626. The first kappa shape index (κ1) is 14.6. The predicted octanol–water partition coefficient (Wildman–Crippen LogP) is 3.71. The molecule has 1 saturated heterocycles. The van der Waals surface area contributed by atoms with Crippen molar-refractivity contribution in [3.05, 3.63) is 28.2 Å². The van der Waals surface area contributed by atoms with Crippen molar-refractivity contribution < 1.29 is 4.79 Å². The fourth-order valence-electron chi connectivity index (χ4n) is 2.45. The number of hydrogen-bond donors (Lipinski definition) is 2. The molecule has 1 unspecified atom stereocenters. The van der Waals surface area contributed by atoms with Crippen LogP contribution in [0, 0.1) is 5.41 Å². The SMILES string of the molecule is CC1(C)CCCNC1C(=O)Nc1ccc(Cl)c(Cl)c1. The smallest absolute Gasteiger partial charge is 0.242 e. The van der Waals surface area contributed by atoms with Crippen LogP contribution in [0.15, 0.2) is 18.2 Å². The molecule has 0 aromatic heterocycles. The maximum atomic E-state index is 12.3. The van der Waals surface area contributed by atoms with Gasteiger partial charge in [-0.2, -0.15) is 0 Å². The first-order valence-corrected chi connectivity index (χ1v) is 7.15. The van der Waals surface area contributed by atoms with Gasteiger partial charge in [-0.25, -0.2) is 0 Å². The lowest BCUT2D eigenvalue weighted by atomic mass is 9.77. The molecule has 104 valence electrons. The number of anilines is 1. The molecular weight excluding hydrogens is 283 g/mol. The standard InChI is InChI=1S/C14H18Cl2N2O/c1-14(2)6-3-7-17-12(14)13(19)18-9-4-5-10(15)11(16)8-9/h4-5,8,12,17H,3,6-7H2,1-2H3,(H,18,19). The third kappa shape index (κ3) is 3.41. The first-order valence-electron chi connectivity index (χ1n) is 6.39. The van der Waals surface area contributed by atoms with Crippen LogP contribution in [0.2, 0.25) is 10.0 Å². The first-order chi connectivity index (χ1) is 8.90. The second-order valence-electron chi connectivity index (χ2n) is 5.60. The van der Waals surface area contributed by atoms with Crippen molar-refractivity contribution in [2.45, 2.75) is 32.7 Å². The molecule has 2 rings (SSSR count). The second kappa shape index (κ2) is 5.70. The Morgan fingerprint density at radius 3 is 2.74 bits per heavy atom. The van der Waals surface area contributed by atoms with Gasteiger partial charge in [0, 0.05) is 5.69 Å². The minimum Gasteiger partial charge on any atom is -0.325 e. The summed E-state index contributed by atoms with van der Waals surface area (Å²) in [7, 11) is 0. The lowest BCUT2D eigenvalue weighted by Crippen LogP contribution is -2.53. The summed E-state index contributed by atoms with van der Waals surface area (Å²) in [6, 6.07) is 4.91. The van der Waals surface area contributed by atoms with Crippen LogP contribution >= 0.6 is 23.2 Å². The summed E-state index contributed by atoms with van der Waals surface area (Å²) in [4.78, 5) is 12.3. The van der Waals surface area contributed by atoms with Gasteiger partial charge in [-0.1, -0.05) is 37.0 Å². The van der Waals surface area contributed by atoms with Crippen LogP contribution in [0.25, 0.3) is 0 Å². The normalized spacial score (nSPS) is 22.0. The van der Waals surface area contributed by atoms with E-state index in [1.807, 2.05) is 0 Å². The van der Waals surface area contributed by atoms with Gasteiger partial charge >= 0.3 is 0 Å². The number of halogens is 2. The molecule has 0 saturated carbocycles. The Hall–Kier alpha value is -0.770. The highest BCUT2D eigenvalue weighted by Gasteiger charge is 2.37. The van der Waals surface area contributed by atoms with Crippen molar-refractivity contribution in [3.63, 3.8) is 0 Å². The number of hydrogen-bond acceptors (Lipinski definition) is 2. The Labute approximate surface area is 123 Å². The topological polar surface area (TPSA) is 41.1 Å². The zero-order valence-corrected chi connectivity index (χ0v) is 12.6. The molecule has 19 heavy (non-hydrogen) atoms. The number of benzene rings is 1. The predicted molar refractivity (Wildman–Crippen MR) is 79.9 cm³/mol. The molecule has 1 aliphatic rings. The fourth-order valence-corrected chi connectivity index (χ4v) is 2.75. The average molecular weight is 301 g/mol. The minimum atomic E-state index is -0.185. The molecule has 1 atom stereocenters. The Morgan fingerprint density at radius 2 is 2.11 bits per heavy atom. The van der Waals surface area contributed by atoms with Gasteiger partial charge in [-0.05, 0) is 43.0 Å². The highest BCUT2D eigenvalue weighted by atomic mass is 35.5. The van der Waals surface area contributed by atoms with Gasteiger partial charge in [-0.3, -0.25) is 4.79 Å². The molecule has 1 aromatic carbocycles. The van der Waals surface area contributed by atoms with Crippen LogP contribution < -0.4 is 10.6 Å². The van der Waals surface area contributed by atoms with E-state index < -0.39 is 0 Å². The van der Waals surface area contributed by atoms with E-state index in [9.17, 15) is 4.79 Å². The lowest BCUT2D eigenvalue weighted by molar-refractivity contribution is -0.121. The highest BCUT2D eigenvalue weighted by Crippen LogP contribution is 2.31. The molecule has 5 heteroatoms. The Bertz CT molecular complexity index is 488. The summed E-state index contributed by atoms with van der Waals surface area (Å²) >= 11 is 11.8. The summed E-state index contributed by atoms with van der Waals surface area (Å²) in [5, 5.41) is 7.10. The van der Waals surface area contributed by atoms with Crippen LogP contribution in [-0.2, 0) is 4.79 Å². The Morgan fingerprint density at radius 1 is 1.37 bits per heavy atom. The van der Waals surface area contributed by atoms with Gasteiger partial charge in [0.25, 0.3) is 0 Å². The average Bonchev–Trinajstić information content (AvgIpc) is 2.33. The molecule has 1 aromatic rings. The van der Waals surface area contributed by atoms with E-state index in [-0.39, 0.29) is 17.4 Å². The van der Waals surface area contributed by atoms with Crippen molar-refractivity contribution in [2.75, 3.05) is 11.9 Å². The van der Waals surface area contributed by atoms with Crippen LogP contribution in [0.4, 0.5) is 5.69 Å². The van der Waals surface area contributed by atoms with Crippen LogP contribution in [0.1, 0.15) is 26.7 Å². The summed E-state index contributed by atoms with van der Waals surface area (Å²) < 4.78 is 0. The molecule has 1 amide bonds. The number of piperidine rings is 1. The quantitative estimate of drug-likeness (QED) is 0.874. The maximum Gasteiger partial charge on any atom is 0.242 e. The van der Waals surface area contributed by atoms with Crippen molar-refractivity contribution in [2.24, 2.45) is 5.41 Å². The lowest BCUT2D eigenvalue weighted by Gasteiger charge is -2.38. The second-order valence-corrected chi connectivity index (χ2v) is 6.41. The molecule has 2 N–H and O–H groups in total. The van der Waals surface area contributed by atoms with E-state index in [1.54, 1.807) is 18.2 Å². The van der Waals surface area contributed by atoms with Gasteiger partial charge in [0.15, 0.2) is 0 Å². The largest absolute Gasteiger partial charge is 0.325 e. The van der Waals surface area contributed by atoms with Gasteiger partial charge in [0.2, 0.25) is 5.91 Å². The number of amides is 1. The van der Waals surface area contributed by atoms with E-state index in [0.29, 0.717) is 15.7 Å². The number of carbonyl (C=O) groups excluding carboxylic acids is 1. The molecule has 0 radical (unpaired) electrons. The number of rotatable bonds is 2. The van der Waals surface area contributed by atoms with Gasteiger partial charge in [0.1, 0.15) is 0 Å². The van der Waals surface area contributed by atoms with Crippen LogP contribution in [0.5, 0.6) is 0 Å². The molecule has 3 nitrogen and oxygen atoms in total. The van der Waals surface area contributed by atoms with Crippen molar-refractivity contribution in [1.82, 2.24) is 5.32 Å². The molecule has 1 fully saturated rings. The van der Waals surface area contributed by atoms with Crippen molar-refractivity contribution in [1.29, 1.82) is 0 Å².